The number of rotatable bonds is 5. The van der Waals surface area contributed by atoms with Crippen LogP contribution in [0.3, 0.4) is 0 Å². The third-order valence-corrected chi connectivity index (χ3v) is 4.76. The predicted octanol–water partition coefficient (Wildman–Crippen LogP) is 3.40. The topological polar surface area (TPSA) is 58.1 Å². The second-order valence-electron chi connectivity index (χ2n) is 4.23. The summed E-state index contributed by atoms with van der Waals surface area (Å²) < 4.78 is 4.27. The third-order valence-electron chi connectivity index (χ3n) is 2.68. The van der Waals surface area contributed by atoms with E-state index in [0.717, 1.165) is 16.6 Å². The van der Waals surface area contributed by atoms with Gasteiger partial charge in [0.1, 0.15) is 0 Å². The fraction of sp³-hybridized carbons (Fsp3) is 0.308. The largest absolute Gasteiger partial charge is 0.341 e. The monoisotopic (exact) mass is 342 g/mol. The Hall–Kier alpha value is -1.31. The first-order valence-electron chi connectivity index (χ1n) is 6.20. The van der Waals surface area contributed by atoms with Gasteiger partial charge in [-0.3, -0.25) is 4.90 Å². The fourth-order valence-electron chi connectivity index (χ4n) is 1.53. The van der Waals surface area contributed by atoms with Crippen LogP contribution in [0.4, 0.5) is 9.93 Å². The molecule has 0 atom stereocenters. The highest BCUT2D eigenvalue weighted by Gasteiger charge is 2.14. The van der Waals surface area contributed by atoms with Gasteiger partial charge in [0.15, 0.2) is 5.82 Å². The first kappa shape index (κ1) is 16.1. The minimum absolute atomic E-state index is 0.202. The van der Waals surface area contributed by atoms with Crippen LogP contribution in [0, 0.1) is 0 Å². The summed E-state index contributed by atoms with van der Waals surface area (Å²) in [5, 5.41) is 3.89. The summed E-state index contributed by atoms with van der Waals surface area (Å²) >= 11 is 8.80. The van der Waals surface area contributed by atoms with Crippen LogP contribution in [0.2, 0.25) is 5.02 Å². The number of carbonyl (C=O) groups is 1. The molecule has 0 aliphatic carbocycles. The number of amides is 2. The molecular weight excluding hydrogens is 328 g/mol. The lowest BCUT2D eigenvalue weighted by atomic mass is 10.2. The van der Waals surface area contributed by atoms with Crippen molar-refractivity contribution in [2.24, 2.45) is 0 Å². The van der Waals surface area contributed by atoms with E-state index in [4.69, 9.17) is 11.6 Å². The van der Waals surface area contributed by atoms with E-state index in [1.54, 1.807) is 25.9 Å². The van der Waals surface area contributed by atoms with Crippen LogP contribution in [0.25, 0.3) is 0 Å². The molecular formula is C13H15ClN4OS2. The predicted molar refractivity (Wildman–Crippen MR) is 89.2 cm³/mol. The van der Waals surface area contributed by atoms with Crippen molar-refractivity contribution in [3.63, 3.8) is 0 Å². The van der Waals surface area contributed by atoms with Gasteiger partial charge in [-0.2, -0.15) is 4.37 Å². The van der Waals surface area contributed by atoms with E-state index >= 15 is 0 Å². The number of hydrogen-bond donors (Lipinski definition) is 1. The van der Waals surface area contributed by atoms with E-state index in [1.807, 2.05) is 24.3 Å². The van der Waals surface area contributed by atoms with Gasteiger partial charge < -0.3 is 5.32 Å². The van der Waals surface area contributed by atoms with Gasteiger partial charge in [0.2, 0.25) is 5.13 Å². The molecule has 0 radical (unpaired) electrons. The summed E-state index contributed by atoms with van der Waals surface area (Å²) in [6, 6.07) is 7.58. The lowest BCUT2D eigenvalue weighted by molar-refractivity contribution is 0.249. The highest BCUT2D eigenvalue weighted by molar-refractivity contribution is 7.97. The quantitative estimate of drug-likeness (QED) is 0.904. The normalized spacial score (nSPS) is 10.4. The second kappa shape index (κ2) is 7.63. The van der Waals surface area contributed by atoms with Crippen molar-refractivity contribution in [2.75, 3.05) is 19.0 Å². The van der Waals surface area contributed by atoms with Gasteiger partial charge in [-0.15, -0.1) is 11.8 Å². The summed E-state index contributed by atoms with van der Waals surface area (Å²) in [4.78, 5) is 17.3. The first-order valence-corrected chi connectivity index (χ1v) is 8.51. The molecule has 0 aliphatic heterocycles. The van der Waals surface area contributed by atoms with Crippen molar-refractivity contribution in [1.29, 1.82) is 0 Å². The number of aromatic nitrogens is 2. The van der Waals surface area contributed by atoms with Crippen molar-refractivity contribution in [1.82, 2.24) is 14.7 Å². The van der Waals surface area contributed by atoms with Crippen molar-refractivity contribution in [3.8, 4) is 0 Å². The van der Waals surface area contributed by atoms with Crippen LogP contribution in [0.15, 0.2) is 24.3 Å². The average Bonchev–Trinajstić information content (AvgIpc) is 2.96. The van der Waals surface area contributed by atoms with Gasteiger partial charge in [0.25, 0.3) is 0 Å². The number of nitrogens with zero attached hydrogens (tertiary/aromatic N) is 3. The number of nitrogens with one attached hydrogen (secondary N) is 1. The van der Waals surface area contributed by atoms with Crippen molar-refractivity contribution >= 4 is 46.1 Å². The van der Waals surface area contributed by atoms with Crippen molar-refractivity contribution in [2.45, 2.75) is 11.5 Å². The summed E-state index contributed by atoms with van der Waals surface area (Å²) in [5.74, 6) is 2.32. The Kier molecular flexibility index (Phi) is 5.84. The Morgan fingerprint density at radius 3 is 2.76 bits per heavy atom. The zero-order valence-corrected chi connectivity index (χ0v) is 14.1. The molecule has 0 fully saturated rings. The molecule has 8 heteroatoms. The van der Waals surface area contributed by atoms with Crippen LogP contribution in [0.5, 0.6) is 0 Å². The molecule has 21 heavy (non-hydrogen) atoms. The molecule has 112 valence electrons. The van der Waals surface area contributed by atoms with Crippen molar-refractivity contribution in [3.05, 3.63) is 40.7 Å². The molecule has 2 amide bonds. The van der Waals surface area contributed by atoms with Crippen molar-refractivity contribution < 1.29 is 4.79 Å². The first-order chi connectivity index (χ1) is 10.1. The molecule has 0 unspecified atom stereocenters. The number of anilines is 1. The smallest absolute Gasteiger partial charge is 0.323 e. The molecule has 0 spiro atoms. The molecule has 2 aromatic rings. The standard InChI is InChI=1S/C13H15ClN4OS2/c1-15-12(19)18(2)13-16-11(17-21-13)8-20-7-9-3-5-10(14)6-4-9/h3-6H,7-8H2,1-2H3,(H,15,19). The molecule has 1 N–H and O–H groups in total. The minimum Gasteiger partial charge on any atom is -0.341 e. The molecule has 1 heterocycles. The van der Waals surface area contributed by atoms with Gasteiger partial charge in [0.05, 0.1) is 5.75 Å². The number of benzene rings is 1. The molecule has 1 aromatic heterocycles. The van der Waals surface area contributed by atoms with Gasteiger partial charge in [-0.1, -0.05) is 23.7 Å². The maximum atomic E-state index is 11.5. The number of carbonyl (C=O) groups excluding carboxylic acids is 1. The van der Waals surface area contributed by atoms with E-state index in [-0.39, 0.29) is 6.03 Å². The molecule has 0 saturated heterocycles. The van der Waals surface area contributed by atoms with Crippen LogP contribution in [-0.4, -0.2) is 29.5 Å². The number of halogens is 1. The van der Waals surface area contributed by atoms with Crippen LogP contribution < -0.4 is 10.2 Å². The van der Waals surface area contributed by atoms with Gasteiger partial charge in [-0.25, -0.2) is 9.78 Å². The minimum atomic E-state index is -0.202. The SMILES string of the molecule is CNC(=O)N(C)c1nc(CSCc2ccc(Cl)cc2)ns1. The molecule has 5 nitrogen and oxygen atoms in total. The average molecular weight is 343 g/mol. The Balaban J connectivity index is 1.85. The summed E-state index contributed by atoms with van der Waals surface area (Å²) in [7, 11) is 3.26. The van der Waals surface area contributed by atoms with E-state index < -0.39 is 0 Å². The van der Waals surface area contributed by atoms with Crippen LogP contribution in [0.1, 0.15) is 11.4 Å². The van der Waals surface area contributed by atoms with Gasteiger partial charge >= 0.3 is 6.03 Å². The highest BCUT2D eigenvalue weighted by atomic mass is 35.5. The summed E-state index contributed by atoms with van der Waals surface area (Å²) in [5.41, 5.74) is 1.21. The fourth-order valence-corrected chi connectivity index (χ4v) is 3.23. The summed E-state index contributed by atoms with van der Waals surface area (Å²) in [6.45, 7) is 0. The van der Waals surface area contributed by atoms with E-state index in [0.29, 0.717) is 10.9 Å². The number of urea groups is 1. The Labute approximate surface area is 136 Å². The van der Waals surface area contributed by atoms with E-state index in [9.17, 15) is 4.79 Å². The maximum Gasteiger partial charge on any atom is 0.323 e. The maximum absolute atomic E-state index is 11.5. The Morgan fingerprint density at radius 2 is 2.10 bits per heavy atom. The number of hydrogen-bond acceptors (Lipinski definition) is 5. The second-order valence-corrected chi connectivity index (χ2v) is 6.38. The molecule has 2 rings (SSSR count). The molecule has 1 aromatic carbocycles. The Morgan fingerprint density at radius 1 is 1.38 bits per heavy atom. The molecule has 0 aliphatic rings. The highest BCUT2D eigenvalue weighted by Crippen LogP contribution is 2.21. The molecule has 0 saturated carbocycles. The lowest BCUT2D eigenvalue weighted by Gasteiger charge is -2.11. The van der Waals surface area contributed by atoms with Gasteiger partial charge in [-0.05, 0) is 17.7 Å². The van der Waals surface area contributed by atoms with E-state index in [1.165, 1.54) is 22.0 Å². The Bertz CT molecular complexity index is 602. The third kappa shape index (κ3) is 4.59. The molecule has 0 bridgehead atoms. The van der Waals surface area contributed by atoms with E-state index in [2.05, 4.69) is 14.7 Å². The van der Waals surface area contributed by atoms with Crippen LogP contribution >= 0.6 is 34.9 Å². The van der Waals surface area contributed by atoms with Gasteiger partial charge in [0, 0.05) is 36.4 Å². The summed E-state index contributed by atoms with van der Waals surface area (Å²) in [6.07, 6.45) is 0. The zero-order chi connectivity index (χ0) is 15.2. The lowest BCUT2D eigenvalue weighted by Crippen LogP contribution is -2.34. The zero-order valence-electron chi connectivity index (χ0n) is 11.7. The van der Waals surface area contributed by atoms with Crippen LogP contribution in [-0.2, 0) is 11.5 Å². The number of thioether (sulfide) groups is 1.